The molecule has 0 radical (unpaired) electrons. The van der Waals surface area contributed by atoms with E-state index in [1.807, 2.05) is 25.1 Å². The van der Waals surface area contributed by atoms with Crippen LogP contribution in [0.3, 0.4) is 0 Å². The van der Waals surface area contributed by atoms with Gasteiger partial charge in [0.25, 0.3) is 0 Å². The largest absolute Gasteiger partial charge is 0.291 e. The van der Waals surface area contributed by atoms with Crippen LogP contribution in [0, 0.1) is 0 Å². The van der Waals surface area contributed by atoms with Gasteiger partial charge in [-0.25, -0.2) is 4.98 Å². The van der Waals surface area contributed by atoms with Crippen molar-refractivity contribution in [3.05, 3.63) is 36.2 Å². The number of nitrogens with zero attached hydrogens (tertiary/aromatic N) is 2. The molecular formula is C12H16N2. The van der Waals surface area contributed by atoms with Crippen LogP contribution in [0.5, 0.6) is 0 Å². The van der Waals surface area contributed by atoms with E-state index >= 15 is 0 Å². The number of pyridine rings is 1. The highest BCUT2D eigenvalue weighted by Crippen LogP contribution is 2.13. The molecule has 0 saturated carbocycles. The molecule has 0 atom stereocenters. The highest BCUT2D eigenvalue weighted by molar-refractivity contribution is 5.97. The maximum absolute atomic E-state index is 4.48. The number of rotatable bonds is 3. The van der Waals surface area contributed by atoms with Crippen molar-refractivity contribution in [1.29, 1.82) is 0 Å². The fraction of sp³-hybridized carbons (Fsp3) is 0.333. The van der Waals surface area contributed by atoms with Crippen molar-refractivity contribution in [2.24, 2.45) is 4.99 Å². The first-order valence-electron chi connectivity index (χ1n) is 4.78. The summed E-state index contributed by atoms with van der Waals surface area (Å²) in [6.45, 7) is 8.01. The Morgan fingerprint density at radius 3 is 2.64 bits per heavy atom. The summed E-state index contributed by atoms with van der Waals surface area (Å²) in [6, 6.07) is 5.94. The molecule has 0 spiro atoms. The maximum atomic E-state index is 4.48. The summed E-state index contributed by atoms with van der Waals surface area (Å²) in [5.74, 6) is 0. The molecule has 2 nitrogen and oxygen atoms in total. The van der Waals surface area contributed by atoms with Crippen molar-refractivity contribution >= 4 is 11.3 Å². The van der Waals surface area contributed by atoms with Crippen LogP contribution < -0.4 is 0 Å². The van der Waals surface area contributed by atoms with Gasteiger partial charge in [0.2, 0.25) is 0 Å². The molecule has 0 amide bonds. The van der Waals surface area contributed by atoms with E-state index in [1.54, 1.807) is 7.05 Å². The second-order valence-electron chi connectivity index (χ2n) is 3.17. The van der Waals surface area contributed by atoms with Gasteiger partial charge >= 0.3 is 0 Å². The van der Waals surface area contributed by atoms with Crippen LogP contribution in [-0.2, 0) is 0 Å². The fourth-order valence-corrected chi connectivity index (χ4v) is 1.13. The fourth-order valence-electron chi connectivity index (χ4n) is 1.13. The molecule has 0 saturated heterocycles. The summed E-state index contributed by atoms with van der Waals surface area (Å²) in [5.41, 5.74) is 3.92. The number of hydrogen-bond acceptors (Lipinski definition) is 2. The third-order valence-corrected chi connectivity index (χ3v) is 2.24. The average molecular weight is 188 g/mol. The first kappa shape index (κ1) is 10.6. The third-order valence-electron chi connectivity index (χ3n) is 2.24. The SMILES string of the molecule is C=C(CC)c1cccc(/C(C)=N/C)n1. The van der Waals surface area contributed by atoms with E-state index in [0.717, 1.165) is 29.1 Å². The molecule has 0 aliphatic rings. The van der Waals surface area contributed by atoms with Gasteiger partial charge in [-0.2, -0.15) is 0 Å². The zero-order valence-electron chi connectivity index (χ0n) is 9.04. The minimum Gasteiger partial charge on any atom is -0.291 e. The number of allylic oxidation sites excluding steroid dienone is 1. The highest BCUT2D eigenvalue weighted by Gasteiger charge is 2.01. The summed E-state index contributed by atoms with van der Waals surface area (Å²) in [4.78, 5) is 8.59. The van der Waals surface area contributed by atoms with Crippen LogP contribution >= 0.6 is 0 Å². The Kier molecular flexibility index (Phi) is 3.57. The molecule has 14 heavy (non-hydrogen) atoms. The maximum Gasteiger partial charge on any atom is 0.0844 e. The molecule has 1 aromatic heterocycles. The predicted molar refractivity (Wildman–Crippen MR) is 61.7 cm³/mol. The van der Waals surface area contributed by atoms with Gasteiger partial charge < -0.3 is 0 Å². The zero-order valence-corrected chi connectivity index (χ0v) is 9.04. The van der Waals surface area contributed by atoms with E-state index in [0.29, 0.717) is 0 Å². The molecular weight excluding hydrogens is 172 g/mol. The summed E-state index contributed by atoms with van der Waals surface area (Å²) in [6.07, 6.45) is 0.929. The van der Waals surface area contributed by atoms with Gasteiger partial charge in [0.15, 0.2) is 0 Å². The van der Waals surface area contributed by atoms with Gasteiger partial charge in [-0.3, -0.25) is 4.99 Å². The van der Waals surface area contributed by atoms with Gasteiger partial charge in [0, 0.05) is 7.05 Å². The first-order valence-corrected chi connectivity index (χ1v) is 4.78. The summed E-state index contributed by atoms with van der Waals surface area (Å²) in [5, 5.41) is 0. The molecule has 1 heterocycles. The van der Waals surface area contributed by atoms with Crippen LogP contribution in [0.25, 0.3) is 5.57 Å². The number of aromatic nitrogens is 1. The van der Waals surface area contributed by atoms with Gasteiger partial charge in [0.1, 0.15) is 0 Å². The van der Waals surface area contributed by atoms with Crippen molar-refractivity contribution in [2.45, 2.75) is 20.3 Å². The van der Waals surface area contributed by atoms with Crippen LogP contribution in [0.15, 0.2) is 29.8 Å². The van der Waals surface area contributed by atoms with Gasteiger partial charge in [-0.1, -0.05) is 19.6 Å². The Morgan fingerprint density at radius 2 is 2.07 bits per heavy atom. The second-order valence-corrected chi connectivity index (χ2v) is 3.17. The molecule has 0 aliphatic heterocycles. The zero-order chi connectivity index (χ0) is 10.6. The molecule has 2 heteroatoms. The minimum atomic E-state index is 0.929. The smallest absolute Gasteiger partial charge is 0.0844 e. The average Bonchev–Trinajstić information content (AvgIpc) is 2.27. The predicted octanol–water partition coefficient (Wildman–Crippen LogP) is 2.94. The molecule has 0 N–H and O–H groups in total. The standard InChI is InChI=1S/C12H16N2/c1-5-9(2)11-7-6-8-12(14-11)10(3)13-4/h6-8H,2,5H2,1,3-4H3/b13-10+. The lowest BCUT2D eigenvalue weighted by Crippen LogP contribution is -2.00. The van der Waals surface area contributed by atoms with Crippen LogP contribution in [0.4, 0.5) is 0 Å². The Bertz CT molecular complexity index is 364. The van der Waals surface area contributed by atoms with Gasteiger partial charge in [-0.15, -0.1) is 0 Å². The normalized spacial score (nSPS) is 11.5. The molecule has 1 aromatic rings. The van der Waals surface area contributed by atoms with Crippen molar-refractivity contribution in [3.63, 3.8) is 0 Å². The summed E-state index contributed by atoms with van der Waals surface area (Å²) < 4.78 is 0. The van der Waals surface area contributed by atoms with E-state index in [4.69, 9.17) is 0 Å². The second kappa shape index (κ2) is 4.70. The van der Waals surface area contributed by atoms with Gasteiger partial charge in [-0.05, 0) is 31.1 Å². The van der Waals surface area contributed by atoms with Crippen LogP contribution in [0.1, 0.15) is 31.7 Å². The first-order chi connectivity index (χ1) is 6.69. The summed E-state index contributed by atoms with van der Waals surface area (Å²) >= 11 is 0. The Hall–Kier alpha value is -1.44. The quantitative estimate of drug-likeness (QED) is 0.669. The Balaban J connectivity index is 3.07. The van der Waals surface area contributed by atoms with E-state index < -0.39 is 0 Å². The number of aliphatic imine (C=N–C) groups is 1. The monoisotopic (exact) mass is 188 g/mol. The lowest BCUT2D eigenvalue weighted by atomic mass is 10.1. The topological polar surface area (TPSA) is 25.2 Å². The van der Waals surface area contributed by atoms with E-state index in [2.05, 4.69) is 23.5 Å². The van der Waals surface area contributed by atoms with Crippen molar-refractivity contribution in [2.75, 3.05) is 7.05 Å². The molecule has 0 aromatic carbocycles. The lowest BCUT2D eigenvalue weighted by Gasteiger charge is -2.04. The highest BCUT2D eigenvalue weighted by atomic mass is 14.8. The number of hydrogen-bond donors (Lipinski definition) is 0. The molecule has 74 valence electrons. The minimum absolute atomic E-state index is 0.929. The molecule has 0 bridgehead atoms. The Morgan fingerprint density at radius 1 is 1.43 bits per heavy atom. The lowest BCUT2D eigenvalue weighted by molar-refractivity contribution is 1.16. The van der Waals surface area contributed by atoms with Crippen molar-refractivity contribution < 1.29 is 0 Å². The van der Waals surface area contributed by atoms with Gasteiger partial charge in [0.05, 0.1) is 17.1 Å². The Labute approximate surface area is 85.4 Å². The van der Waals surface area contributed by atoms with Crippen LogP contribution in [-0.4, -0.2) is 17.7 Å². The van der Waals surface area contributed by atoms with E-state index in [1.165, 1.54) is 0 Å². The molecule has 0 aliphatic carbocycles. The van der Waals surface area contributed by atoms with Crippen molar-refractivity contribution in [1.82, 2.24) is 4.98 Å². The van der Waals surface area contributed by atoms with E-state index in [9.17, 15) is 0 Å². The molecule has 1 rings (SSSR count). The van der Waals surface area contributed by atoms with E-state index in [-0.39, 0.29) is 0 Å². The molecule has 0 fully saturated rings. The summed E-state index contributed by atoms with van der Waals surface area (Å²) in [7, 11) is 1.78. The van der Waals surface area contributed by atoms with Crippen LogP contribution in [0.2, 0.25) is 0 Å². The molecule has 0 unspecified atom stereocenters. The third kappa shape index (κ3) is 2.28. The van der Waals surface area contributed by atoms with Crippen molar-refractivity contribution in [3.8, 4) is 0 Å².